The van der Waals surface area contributed by atoms with E-state index in [1.54, 1.807) is 23.1 Å². The van der Waals surface area contributed by atoms with Gasteiger partial charge in [-0.25, -0.2) is 4.39 Å². The first-order valence-electron chi connectivity index (χ1n) is 13.1. The SMILES string of the molecule is COc1cc(C2C(C#N)=C(N)N(c3nnc(SCC(=O)Nc4ccccc4F)s3)C3=C2C(=O)CCC3)cc(OC)c1OC. The molecule has 222 valence electrons. The number of nitrogens with one attached hydrogen (secondary N) is 1. The monoisotopic (exact) mass is 622 g/mol. The van der Waals surface area contributed by atoms with E-state index in [0.29, 0.717) is 62.8 Å². The largest absolute Gasteiger partial charge is 0.493 e. The predicted molar refractivity (Wildman–Crippen MR) is 160 cm³/mol. The van der Waals surface area contributed by atoms with Crippen LogP contribution in [-0.4, -0.2) is 49.0 Å². The van der Waals surface area contributed by atoms with E-state index in [1.807, 2.05) is 0 Å². The van der Waals surface area contributed by atoms with Gasteiger partial charge in [0.25, 0.3) is 0 Å². The van der Waals surface area contributed by atoms with E-state index in [0.717, 1.165) is 11.8 Å². The number of ether oxygens (including phenoxy) is 3. The minimum Gasteiger partial charge on any atom is -0.493 e. The van der Waals surface area contributed by atoms with Crippen LogP contribution >= 0.6 is 23.1 Å². The zero-order chi connectivity index (χ0) is 30.7. The molecule has 1 unspecified atom stereocenters. The number of thioether (sulfide) groups is 1. The lowest BCUT2D eigenvalue weighted by atomic mass is 9.75. The van der Waals surface area contributed by atoms with Crippen LogP contribution in [0.2, 0.25) is 0 Å². The van der Waals surface area contributed by atoms with Crippen LogP contribution in [0.5, 0.6) is 17.2 Å². The third kappa shape index (κ3) is 5.73. The van der Waals surface area contributed by atoms with Gasteiger partial charge < -0.3 is 25.3 Å². The summed E-state index contributed by atoms with van der Waals surface area (Å²) in [4.78, 5) is 27.5. The maximum absolute atomic E-state index is 13.9. The van der Waals surface area contributed by atoms with E-state index >= 15 is 0 Å². The molecule has 2 heterocycles. The minimum atomic E-state index is -0.762. The van der Waals surface area contributed by atoms with Crippen molar-refractivity contribution in [2.75, 3.05) is 37.3 Å². The molecule has 0 bridgehead atoms. The Morgan fingerprint density at radius 2 is 1.91 bits per heavy atom. The summed E-state index contributed by atoms with van der Waals surface area (Å²) in [6.45, 7) is 0. The Balaban J connectivity index is 1.48. The Bertz CT molecular complexity index is 1670. The first-order valence-corrected chi connectivity index (χ1v) is 14.9. The minimum absolute atomic E-state index is 0.0343. The van der Waals surface area contributed by atoms with Gasteiger partial charge in [-0.3, -0.25) is 14.5 Å². The van der Waals surface area contributed by atoms with Crippen molar-refractivity contribution in [3.63, 3.8) is 0 Å². The molecule has 2 aliphatic rings. The highest BCUT2D eigenvalue weighted by atomic mass is 32.2. The molecule has 1 aromatic heterocycles. The molecule has 43 heavy (non-hydrogen) atoms. The van der Waals surface area contributed by atoms with E-state index in [4.69, 9.17) is 19.9 Å². The standard InChI is InChI=1S/C29H27FN6O5S2/c1-39-21-11-15(12-22(40-2)26(21)41-3)24-16(13-31)27(32)36(19-9-6-10-20(37)25(19)24)28-34-35-29(43-28)42-14-23(38)33-18-8-5-4-7-17(18)30/h4-5,7-8,11-12,24H,6,9-10,14,32H2,1-3H3,(H,33,38). The molecular weight excluding hydrogens is 595 g/mol. The number of halogens is 1. The molecule has 0 saturated heterocycles. The third-order valence-corrected chi connectivity index (χ3v) is 9.04. The van der Waals surface area contributed by atoms with Gasteiger partial charge in [-0.05, 0) is 42.7 Å². The lowest BCUT2D eigenvalue weighted by Gasteiger charge is -2.38. The van der Waals surface area contributed by atoms with Crippen molar-refractivity contribution in [1.29, 1.82) is 5.26 Å². The Morgan fingerprint density at radius 3 is 2.56 bits per heavy atom. The van der Waals surface area contributed by atoms with E-state index < -0.39 is 17.6 Å². The number of benzene rings is 2. The van der Waals surface area contributed by atoms with Crippen LogP contribution in [0.25, 0.3) is 0 Å². The molecule has 0 saturated carbocycles. The van der Waals surface area contributed by atoms with Gasteiger partial charge in [0.05, 0.1) is 50.3 Å². The lowest BCUT2D eigenvalue weighted by Crippen LogP contribution is -2.38. The summed E-state index contributed by atoms with van der Waals surface area (Å²) < 4.78 is 30.9. The Labute approximate surface area is 255 Å². The lowest BCUT2D eigenvalue weighted by molar-refractivity contribution is -0.116. The number of hydrogen-bond acceptors (Lipinski definition) is 12. The highest BCUT2D eigenvalue weighted by Crippen LogP contribution is 2.50. The zero-order valence-electron chi connectivity index (χ0n) is 23.5. The number of allylic oxidation sites excluding steroid dienone is 3. The summed E-state index contributed by atoms with van der Waals surface area (Å²) in [6, 6.07) is 11.5. The number of nitrogens with two attached hydrogens (primary N) is 1. The molecule has 1 aliphatic carbocycles. The fraction of sp³-hybridized carbons (Fsp3) is 0.276. The van der Waals surface area contributed by atoms with Crippen molar-refractivity contribution < 1.29 is 28.2 Å². The molecule has 1 amide bonds. The van der Waals surface area contributed by atoms with Crippen molar-refractivity contribution >= 4 is 45.6 Å². The second-order valence-electron chi connectivity index (χ2n) is 9.44. The van der Waals surface area contributed by atoms with Gasteiger partial charge in [0.1, 0.15) is 11.6 Å². The summed E-state index contributed by atoms with van der Waals surface area (Å²) in [5.41, 5.74) is 8.58. The molecule has 5 rings (SSSR count). The number of ketones is 1. The predicted octanol–water partition coefficient (Wildman–Crippen LogP) is 4.74. The Morgan fingerprint density at radius 1 is 1.19 bits per heavy atom. The first-order chi connectivity index (χ1) is 20.8. The number of carbonyl (C=O) groups excluding carboxylic acids is 2. The number of anilines is 2. The first kappa shape index (κ1) is 29.9. The van der Waals surface area contributed by atoms with Gasteiger partial charge in [0.2, 0.25) is 16.8 Å². The summed E-state index contributed by atoms with van der Waals surface area (Å²) in [7, 11) is 4.47. The van der Waals surface area contributed by atoms with Gasteiger partial charge in [-0.1, -0.05) is 35.2 Å². The Kier molecular flexibility index (Phi) is 8.84. The normalized spacial score (nSPS) is 16.5. The number of rotatable bonds is 9. The van der Waals surface area contributed by atoms with E-state index in [1.165, 1.54) is 50.9 Å². The highest BCUT2D eigenvalue weighted by molar-refractivity contribution is 8.01. The van der Waals surface area contributed by atoms with E-state index in [-0.39, 0.29) is 28.6 Å². The second kappa shape index (κ2) is 12.7. The van der Waals surface area contributed by atoms with Gasteiger partial charge in [-0.2, -0.15) is 5.26 Å². The number of para-hydroxylation sites is 1. The average molecular weight is 623 g/mol. The molecule has 1 atom stereocenters. The molecule has 1 aliphatic heterocycles. The summed E-state index contributed by atoms with van der Waals surface area (Å²) >= 11 is 2.29. The molecule has 2 aromatic carbocycles. The zero-order valence-corrected chi connectivity index (χ0v) is 25.1. The molecule has 11 nitrogen and oxygen atoms in total. The van der Waals surface area contributed by atoms with Crippen molar-refractivity contribution in [1.82, 2.24) is 10.2 Å². The number of carbonyl (C=O) groups is 2. The third-order valence-electron chi connectivity index (χ3n) is 7.00. The van der Waals surface area contributed by atoms with Crippen LogP contribution < -0.4 is 30.2 Å². The van der Waals surface area contributed by atoms with Crippen molar-refractivity contribution in [2.24, 2.45) is 5.73 Å². The number of nitrogens with zero attached hydrogens (tertiary/aromatic N) is 4. The molecule has 14 heteroatoms. The summed E-state index contributed by atoms with van der Waals surface area (Å²) in [6.07, 6.45) is 1.44. The van der Waals surface area contributed by atoms with Crippen LogP contribution in [-0.2, 0) is 9.59 Å². The fourth-order valence-corrected chi connectivity index (χ4v) is 6.81. The molecule has 0 fully saturated rings. The summed E-state index contributed by atoms with van der Waals surface area (Å²) in [5.74, 6) is -0.575. The Hall–Kier alpha value is -4.61. The van der Waals surface area contributed by atoms with Crippen LogP contribution in [0.15, 0.2) is 63.4 Å². The molecule has 0 spiro atoms. The van der Waals surface area contributed by atoms with Crippen LogP contribution in [0.4, 0.5) is 15.2 Å². The number of nitriles is 1. The van der Waals surface area contributed by atoms with Crippen molar-refractivity contribution in [3.8, 4) is 23.3 Å². The van der Waals surface area contributed by atoms with Crippen LogP contribution in [0.1, 0.15) is 30.7 Å². The van der Waals surface area contributed by atoms with Crippen molar-refractivity contribution in [3.05, 3.63) is 70.4 Å². The van der Waals surface area contributed by atoms with E-state index in [2.05, 4.69) is 21.6 Å². The maximum atomic E-state index is 13.9. The van der Waals surface area contributed by atoms with E-state index in [9.17, 15) is 19.2 Å². The molecular formula is C29H27FN6O5S2. The molecule has 0 radical (unpaired) electrons. The van der Waals surface area contributed by atoms with Crippen LogP contribution in [0.3, 0.4) is 0 Å². The number of amides is 1. The number of methoxy groups -OCH3 is 3. The molecule has 3 aromatic rings. The average Bonchev–Trinajstić information content (AvgIpc) is 3.48. The smallest absolute Gasteiger partial charge is 0.234 e. The van der Waals surface area contributed by atoms with Gasteiger partial charge in [-0.15, -0.1) is 10.2 Å². The number of hydrogen-bond donors (Lipinski definition) is 2. The maximum Gasteiger partial charge on any atom is 0.234 e. The highest BCUT2D eigenvalue weighted by Gasteiger charge is 2.42. The quantitative estimate of drug-likeness (QED) is 0.318. The molecule has 3 N–H and O–H groups in total. The topological polar surface area (TPSA) is 153 Å². The van der Waals surface area contributed by atoms with Gasteiger partial charge >= 0.3 is 0 Å². The second-order valence-corrected chi connectivity index (χ2v) is 11.6. The van der Waals surface area contributed by atoms with Crippen molar-refractivity contribution in [2.45, 2.75) is 29.5 Å². The van der Waals surface area contributed by atoms with Crippen LogP contribution in [0, 0.1) is 17.1 Å². The number of aromatic nitrogens is 2. The van der Waals surface area contributed by atoms with Gasteiger partial charge in [0, 0.05) is 17.7 Å². The number of Topliss-reactive ketones (excluding diaryl/α,β-unsaturated/α-hetero) is 1. The fourth-order valence-electron chi connectivity index (χ4n) is 5.13. The summed E-state index contributed by atoms with van der Waals surface area (Å²) in [5, 5.41) is 21.7. The van der Waals surface area contributed by atoms with Gasteiger partial charge in [0.15, 0.2) is 21.6 Å².